The molecule has 1 spiro atoms. The number of aromatic nitrogens is 2. The molecule has 5 heteroatoms. The van der Waals surface area contributed by atoms with Crippen LogP contribution in [-0.4, -0.2) is 27.0 Å². The predicted molar refractivity (Wildman–Crippen MR) is 76.6 cm³/mol. The maximum atomic E-state index is 5.71. The second kappa shape index (κ2) is 5.12. The van der Waals surface area contributed by atoms with Gasteiger partial charge in [-0.15, -0.1) is 11.8 Å². The SMILES string of the molecule is CCSc1nc(C2=NOC3(CCCC3)C2)cnc1C. The van der Waals surface area contributed by atoms with Gasteiger partial charge in [0.1, 0.15) is 22.0 Å². The quantitative estimate of drug-likeness (QED) is 0.795. The fraction of sp³-hybridized carbons (Fsp3) is 0.643. The molecule has 0 unspecified atom stereocenters. The van der Waals surface area contributed by atoms with E-state index in [0.29, 0.717) is 0 Å². The highest BCUT2D eigenvalue weighted by molar-refractivity contribution is 7.99. The van der Waals surface area contributed by atoms with Gasteiger partial charge in [-0.1, -0.05) is 12.1 Å². The molecule has 0 radical (unpaired) electrons. The van der Waals surface area contributed by atoms with E-state index in [2.05, 4.69) is 22.0 Å². The van der Waals surface area contributed by atoms with E-state index in [-0.39, 0.29) is 5.60 Å². The summed E-state index contributed by atoms with van der Waals surface area (Å²) < 4.78 is 0. The van der Waals surface area contributed by atoms with Gasteiger partial charge in [0, 0.05) is 6.42 Å². The number of nitrogens with zero attached hydrogens (tertiary/aromatic N) is 3. The molecule has 1 fully saturated rings. The molecule has 2 aliphatic rings. The lowest BCUT2D eigenvalue weighted by Gasteiger charge is -2.19. The molecular formula is C14H19N3OS. The van der Waals surface area contributed by atoms with Crippen LogP contribution in [0.25, 0.3) is 0 Å². The number of hydrogen-bond donors (Lipinski definition) is 0. The maximum Gasteiger partial charge on any atom is 0.143 e. The number of oxime groups is 1. The van der Waals surface area contributed by atoms with Crippen LogP contribution in [0.15, 0.2) is 16.4 Å². The molecule has 0 amide bonds. The van der Waals surface area contributed by atoms with E-state index in [1.54, 1.807) is 11.8 Å². The molecule has 0 atom stereocenters. The van der Waals surface area contributed by atoms with Gasteiger partial charge in [0.25, 0.3) is 0 Å². The van der Waals surface area contributed by atoms with E-state index in [4.69, 9.17) is 4.84 Å². The molecule has 1 aromatic rings. The van der Waals surface area contributed by atoms with Crippen molar-refractivity contribution in [3.8, 4) is 0 Å². The van der Waals surface area contributed by atoms with Crippen LogP contribution in [-0.2, 0) is 4.84 Å². The third kappa shape index (κ3) is 2.48. The van der Waals surface area contributed by atoms with Gasteiger partial charge >= 0.3 is 0 Å². The highest BCUT2D eigenvalue weighted by Gasteiger charge is 2.42. The molecule has 1 aliphatic carbocycles. The minimum absolute atomic E-state index is 0.0278. The van der Waals surface area contributed by atoms with Crippen LogP contribution in [0, 0.1) is 6.92 Å². The summed E-state index contributed by atoms with van der Waals surface area (Å²) in [7, 11) is 0. The second-order valence-corrected chi connectivity index (χ2v) is 6.53. The highest BCUT2D eigenvalue weighted by atomic mass is 32.2. The van der Waals surface area contributed by atoms with Gasteiger partial charge < -0.3 is 4.84 Å². The van der Waals surface area contributed by atoms with E-state index in [9.17, 15) is 0 Å². The largest absolute Gasteiger partial charge is 0.389 e. The lowest BCUT2D eigenvalue weighted by atomic mass is 9.95. The fourth-order valence-corrected chi connectivity index (χ4v) is 3.49. The van der Waals surface area contributed by atoms with Gasteiger partial charge in [0.2, 0.25) is 0 Å². The van der Waals surface area contributed by atoms with E-state index in [1.807, 2.05) is 13.1 Å². The lowest BCUT2D eigenvalue weighted by molar-refractivity contribution is -0.0126. The fourth-order valence-electron chi connectivity index (χ4n) is 2.79. The molecule has 0 saturated heterocycles. The highest BCUT2D eigenvalue weighted by Crippen LogP contribution is 2.40. The molecule has 3 rings (SSSR count). The first-order valence-electron chi connectivity index (χ1n) is 6.94. The van der Waals surface area contributed by atoms with Gasteiger partial charge in [0.15, 0.2) is 0 Å². The Hall–Kier alpha value is -1.10. The van der Waals surface area contributed by atoms with Crippen molar-refractivity contribution < 1.29 is 4.84 Å². The van der Waals surface area contributed by atoms with Crippen LogP contribution in [0.4, 0.5) is 0 Å². The van der Waals surface area contributed by atoms with Gasteiger partial charge in [-0.2, -0.15) is 0 Å². The minimum Gasteiger partial charge on any atom is -0.389 e. The van der Waals surface area contributed by atoms with Crippen molar-refractivity contribution in [2.24, 2.45) is 5.16 Å². The zero-order chi connectivity index (χ0) is 13.3. The first-order valence-corrected chi connectivity index (χ1v) is 7.93. The number of hydrogen-bond acceptors (Lipinski definition) is 5. The Morgan fingerprint density at radius 2 is 2.16 bits per heavy atom. The van der Waals surface area contributed by atoms with Crippen LogP contribution in [0.1, 0.15) is 50.4 Å². The number of thioether (sulfide) groups is 1. The Bertz CT molecular complexity index is 509. The summed E-state index contributed by atoms with van der Waals surface area (Å²) in [6, 6.07) is 0. The topological polar surface area (TPSA) is 47.4 Å². The molecule has 19 heavy (non-hydrogen) atoms. The molecule has 0 bridgehead atoms. The minimum atomic E-state index is -0.0278. The van der Waals surface area contributed by atoms with Crippen LogP contribution < -0.4 is 0 Å². The van der Waals surface area contributed by atoms with Crippen molar-refractivity contribution in [3.05, 3.63) is 17.6 Å². The normalized spacial score (nSPS) is 20.6. The van der Waals surface area contributed by atoms with E-state index in [1.165, 1.54) is 12.8 Å². The van der Waals surface area contributed by atoms with E-state index >= 15 is 0 Å². The average Bonchev–Trinajstić information content (AvgIpc) is 3.04. The van der Waals surface area contributed by atoms with Crippen LogP contribution in [0.5, 0.6) is 0 Å². The van der Waals surface area contributed by atoms with Crippen molar-refractivity contribution in [3.63, 3.8) is 0 Å². The van der Waals surface area contributed by atoms with Crippen molar-refractivity contribution in [1.29, 1.82) is 0 Å². The summed E-state index contributed by atoms with van der Waals surface area (Å²) >= 11 is 1.73. The maximum absolute atomic E-state index is 5.71. The molecule has 1 aromatic heterocycles. The van der Waals surface area contributed by atoms with Crippen molar-refractivity contribution in [1.82, 2.24) is 9.97 Å². The van der Waals surface area contributed by atoms with Crippen LogP contribution >= 0.6 is 11.8 Å². The summed E-state index contributed by atoms with van der Waals surface area (Å²) in [6.45, 7) is 4.13. The lowest BCUT2D eigenvalue weighted by Crippen LogP contribution is -2.24. The predicted octanol–water partition coefficient (Wildman–Crippen LogP) is 3.33. The van der Waals surface area contributed by atoms with Crippen molar-refractivity contribution in [2.45, 2.75) is 56.6 Å². The zero-order valence-corrected chi connectivity index (χ0v) is 12.3. The van der Waals surface area contributed by atoms with Crippen LogP contribution in [0.3, 0.4) is 0 Å². The molecule has 0 aromatic carbocycles. The summed E-state index contributed by atoms with van der Waals surface area (Å²) in [5.41, 5.74) is 2.81. The zero-order valence-electron chi connectivity index (χ0n) is 11.5. The summed E-state index contributed by atoms with van der Waals surface area (Å²) in [6.07, 6.45) is 7.45. The Morgan fingerprint density at radius 3 is 2.89 bits per heavy atom. The van der Waals surface area contributed by atoms with Gasteiger partial charge in [0.05, 0.1) is 11.9 Å². The molecule has 102 valence electrons. The Morgan fingerprint density at radius 1 is 1.37 bits per heavy atom. The smallest absolute Gasteiger partial charge is 0.143 e. The first kappa shape index (κ1) is 12.9. The molecule has 2 heterocycles. The molecule has 1 aliphatic heterocycles. The third-order valence-corrected chi connectivity index (χ3v) is 4.79. The summed E-state index contributed by atoms with van der Waals surface area (Å²) in [5, 5.41) is 5.29. The molecule has 0 N–H and O–H groups in total. The first-order chi connectivity index (χ1) is 9.22. The Labute approximate surface area is 118 Å². The Balaban J connectivity index is 1.81. The summed E-state index contributed by atoms with van der Waals surface area (Å²) in [5.74, 6) is 1.01. The van der Waals surface area contributed by atoms with Crippen molar-refractivity contribution in [2.75, 3.05) is 5.75 Å². The monoisotopic (exact) mass is 277 g/mol. The van der Waals surface area contributed by atoms with Crippen LogP contribution in [0.2, 0.25) is 0 Å². The number of aryl methyl sites for hydroxylation is 1. The molecular weight excluding hydrogens is 258 g/mol. The second-order valence-electron chi connectivity index (χ2n) is 5.27. The van der Waals surface area contributed by atoms with Gasteiger partial charge in [-0.3, -0.25) is 4.98 Å². The average molecular weight is 277 g/mol. The van der Waals surface area contributed by atoms with E-state index < -0.39 is 0 Å². The third-order valence-electron chi connectivity index (χ3n) is 3.84. The van der Waals surface area contributed by atoms with Gasteiger partial charge in [-0.25, -0.2) is 4.98 Å². The Kier molecular flexibility index (Phi) is 3.48. The molecule has 4 nitrogen and oxygen atoms in total. The van der Waals surface area contributed by atoms with E-state index in [0.717, 1.165) is 47.1 Å². The standard InChI is InChI=1S/C14H19N3OS/c1-3-19-13-10(2)15-9-12(16-13)11-8-14(18-17-11)6-4-5-7-14/h9H,3-8H2,1-2H3. The summed E-state index contributed by atoms with van der Waals surface area (Å²) in [4.78, 5) is 14.8. The number of rotatable bonds is 3. The molecule has 1 saturated carbocycles. The van der Waals surface area contributed by atoms with Crippen molar-refractivity contribution >= 4 is 17.5 Å². The van der Waals surface area contributed by atoms with Gasteiger partial charge in [-0.05, 0) is 38.4 Å².